The first-order valence-corrected chi connectivity index (χ1v) is 11.6. The van der Waals surface area contributed by atoms with Gasteiger partial charge in [0.25, 0.3) is 0 Å². The number of hydrogen-bond donors (Lipinski definition) is 1. The quantitative estimate of drug-likeness (QED) is 0.668. The number of likely N-dealkylation sites (N-methyl/N-ethyl adjacent to an activating group) is 1. The van der Waals surface area contributed by atoms with Crippen LogP contribution in [-0.4, -0.2) is 51.0 Å². The number of anilines is 1. The Morgan fingerprint density at radius 3 is 2.33 bits per heavy atom. The van der Waals surface area contributed by atoms with Crippen LogP contribution in [0, 0.1) is 6.92 Å². The third kappa shape index (κ3) is 5.96. The lowest BCUT2D eigenvalue weighted by Crippen LogP contribution is -2.50. The number of benzene rings is 2. The standard InChI is InChI=1S/C21H26ClN3O4S/c1-15-10-11-18(22)12-19(15)25(30(4,28)29)14-20(26)24(16(2)21(27)23-3)13-17-8-6-5-7-9-17/h5-12,16H,13-14H2,1-4H3,(H,23,27). The van der Waals surface area contributed by atoms with E-state index in [1.165, 1.54) is 18.0 Å². The minimum Gasteiger partial charge on any atom is -0.357 e. The Labute approximate surface area is 182 Å². The van der Waals surface area contributed by atoms with Crippen molar-refractivity contribution in [2.45, 2.75) is 26.4 Å². The molecule has 0 heterocycles. The van der Waals surface area contributed by atoms with Crippen LogP contribution < -0.4 is 9.62 Å². The van der Waals surface area contributed by atoms with Gasteiger partial charge in [-0.15, -0.1) is 0 Å². The van der Waals surface area contributed by atoms with Gasteiger partial charge in [0.2, 0.25) is 21.8 Å². The first-order valence-electron chi connectivity index (χ1n) is 9.33. The molecule has 2 aromatic carbocycles. The summed E-state index contributed by atoms with van der Waals surface area (Å²) in [6.45, 7) is 3.06. The zero-order chi connectivity index (χ0) is 22.5. The molecule has 0 aliphatic rings. The number of halogens is 1. The van der Waals surface area contributed by atoms with Crippen LogP contribution in [0.3, 0.4) is 0 Å². The topological polar surface area (TPSA) is 86.8 Å². The molecule has 0 aromatic heterocycles. The van der Waals surface area contributed by atoms with Crippen LogP contribution in [0.4, 0.5) is 5.69 Å². The second-order valence-corrected chi connectivity index (χ2v) is 9.34. The number of carbonyl (C=O) groups is 2. The smallest absolute Gasteiger partial charge is 0.244 e. The molecule has 7 nitrogen and oxygen atoms in total. The Bertz CT molecular complexity index is 1010. The average molecular weight is 452 g/mol. The SMILES string of the molecule is CNC(=O)C(C)N(Cc1ccccc1)C(=O)CN(c1cc(Cl)ccc1C)S(C)(=O)=O. The maximum Gasteiger partial charge on any atom is 0.244 e. The summed E-state index contributed by atoms with van der Waals surface area (Å²) in [5.41, 5.74) is 1.81. The van der Waals surface area contributed by atoms with E-state index in [9.17, 15) is 18.0 Å². The lowest BCUT2D eigenvalue weighted by molar-refractivity contribution is -0.139. The maximum absolute atomic E-state index is 13.2. The Morgan fingerprint density at radius 1 is 1.13 bits per heavy atom. The van der Waals surface area contributed by atoms with Gasteiger partial charge in [0, 0.05) is 18.6 Å². The number of hydrogen-bond acceptors (Lipinski definition) is 4. The van der Waals surface area contributed by atoms with E-state index in [1.807, 2.05) is 30.3 Å². The van der Waals surface area contributed by atoms with E-state index < -0.39 is 28.5 Å². The molecule has 30 heavy (non-hydrogen) atoms. The minimum atomic E-state index is -3.78. The van der Waals surface area contributed by atoms with Gasteiger partial charge in [-0.1, -0.05) is 48.0 Å². The van der Waals surface area contributed by atoms with Crippen LogP contribution in [-0.2, 0) is 26.2 Å². The molecule has 0 saturated carbocycles. The summed E-state index contributed by atoms with van der Waals surface area (Å²) in [7, 11) is -2.30. The fourth-order valence-electron chi connectivity index (χ4n) is 3.02. The molecule has 0 bridgehead atoms. The van der Waals surface area contributed by atoms with E-state index in [2.05, 4.69) is 5.32 Å². The number of nitrogens with one attached hydrogen (secondary N) is 1. The van der Waals surface area contributed by atoms with Crippen molar-refractivity contribution in [1.82, 2.24) is 10.2 Å². The molecule has 1 atom stereocenters. The lowest BCUT2D eigenvalue weighted by atomic mass is 10.1. The molecule has 162 valence electrons. The maximum atomic E-state index is 13.2. The second kappa shape index (κ2) is 9.95. The van der Waals surface area contributed by atoms with Crippen molar-refractivity contribution in [2.24, 2.45) is 0 Å². The van der Waals surface area contributed by atoms with Crippen molar-refractivity contribution < 1.29 is 18.0 Å². The summed E-state index contributed by atoms with van der Waals surface area (Å²) in [4.78, 5) is 26.9. The fraction of sp³-hybridized carbons (Fsp3) is 0.333. The second-order valence-electron chi connectivity index (χ2n) is 7.00. The monoisotopic (exact) mass is 451 g/mol. The van der Waals surface area contributed by atoms with Crippen LogP contribution in [0.25, 0.3) is 0 Å². The van der Waals surface area contributed by atoms with E-state index >= 15 is 0 Å². The number of amides is 2. The molecule has 0 radical (unpaired) electrons. The van der Waals surface area contributed by atoms with Crippen molar-refractivity contribution in [2.75, 3.05) is 24.2 Å². The Balaban J connectivity index is 2.41. The summed E-state index contributed by atoms with van der Waals surface area (Å²) >= 11 is 6.06. The molecule has 0 fully saturated rings. The molecule has 0 spiro atoms. The Hall–Kier alpha value is -2.58. The highest BCUT2D eigenvalue weighted by Crippen LogP contribution is 2.26. The molecular formula is C21H26ClN3O4S. The van der Waals surface area contributed by atoms with Gasteiger partial charge in [-0.05, 0) is 37.1 Å². The number of carbonyl (C=O) groups excluding carboxylic acids is 2. The average Bonchev–Trinajstić information content (AvgIpc) is 2.70. The first kappa shape index (κ1) is 23.7. The molecule has 1 unspecified atom stereocenters. The molecular weight excluding hydrogens is 426 g/mol. The van der Waals surface area contributed by atoms with Crippen molar-refractivity contribution in [3.63, 3.8) is 0 Å². The molecule has 0 saturated heterocycles. The molecule has 1 N–H and O–H groups in total. The van der Waals surface area contributed by atoms with Crippen LogP contribution in [0.15, 0.2) is 48.5 Å². The van der Waals surface area contributed by atoms with Gasteiger partial charge >= 0.3 is 0 Å². The highest BCUT2D eigenvalue weighted by atomic mass is 35.5. The number of nitrogens with zero attached hydrogens (tertiary/aromatic N) is 2. The van der Waals surface area contributed by atoms with E-state index in [0.717, 1.165) is 16.1 Å². The first-order chi connectivity index (χ1) is 14.0. The van der Waals surface area contributed by atoms with Gasteiger partial charge in [-0.2, -0.15) is 0 Å². The van der Waals surface area contributed by atoms with Crippen molar-refractivity contribution in [3.8, 4) is 0 Å². The third-order valence-corrected chi connectivity index (χ3v) is 6.09. The summed E-state index contributed by atoms with van der Waals surface area (Å²) in [5.74, 6) is -0.844. The molecule has 0 aliphatic heterocycles. The number of sulfonamides is 1. The zero-order valence-corrected chi connectivity index (χ0v) is 19.0. The molecule has 2 aromatic rings. The molecule has 2 rings (SSSR count). The van der Waals surface area contributed by atoms with Crippen molar-refractivity contribution >= 4 is 39.1 Å². The molecule has 2 amide bonds. The molecule has 9 heteroatoms. The lowest BCUT2D eigenvalue weighted by Gasteiger charge is -2.31. The minimum absolute atomic E-state index is 0.167. The summed E-state index contributed by atoms with van der Waals surface area (Å²) in [6, 6.07) is 13.3. The summed E-state index contributed by atoms with van der Waals surface area (Å²) in [5, 5.41) is 2.89. The highest BCUT2D eigenvalue weighted by Gasteiger charge is 2.30. The number of rotatable bonds is 8. The van der Waals surface area contributed by atoms with Gasteiger partial charge in [0.15, 0.2) is 0 Å². The van der Waals surface area contributed by atoms with Crippen molar-refractivity contribution in [1.29, 1.82) is 0 Å². The van der Waals surface area contributed by atoms with Crippen LogP contribution >= 0.6 is 11.6 Å². The predicted octanol–water partition coefficient (Wildman–Crippen LogP) is 2.58. The van der Waals surface area contributed by atoms with E-state index in [1.54, 1.807) is 26.0 Å². The van der Waals surface area contributed by atoms with Gasteiger partial charge < -0.3 is 10.2 Å². The Kier molecular flexibility index (Phi) is 7.86. The van der Waals surface area contributed by atoms with E-state index in [-0.39, 0.29) is 12.5 Å². The zero-order valence-electron chi connectivity index (χ0n) is 17.4. The van der Waals surface area contributed by atoms with E-state index in [0.29, 0.717) is 16.3 Å². The van der Waals surface area contributed by atoms with Crippen LogP contribution in [0.1, 0.15) is 18.1 Å². The van der Waals surface area contributed by atoms with E-state index in [4.69, 9.17) is 11.6 Å². The van der Waals surface area contributed by atoms with Gasteiger partial charge in [-0.25, -0.2) is 8.42 Å². The largest absolute Gasteiger partial charge is 0.357 e. The van der Waals surface area contributed by atoms with Gasteiger partial charge in [0.05, 0.1) is 11.9 Å². The van der Waals surface area contributed by atoms with Crippen LogP contribution in [0.5, 0.6) is 0 Å². The summed E-state index contributed by atoms with van der Waals surface area (Å²) < 4.78 is 26.0. The Morgan fingerprint density at radius 2 is 1.77 bits per heavy atom. The summed E-state index contributed by atoms with van der Waals surface area (Å²) in [6.07, 6.45) is 1.03. The predicted molar refractivity (Wildman–Crippen MR) is 119 cm³/mol. The molecule has 0 aliphatic carbocycles. The number of aryl methyl sites for hydroxylation is 1. The van der Waals surface area contributed by atoms with Crippen molar-refractivity contribution in [3.05, 3.63) is 64.7 Å². The third-order valence-electron chi connectivity index (χ3n) is 4.73. The highest BCUT2D eigenvalue weighted by molar-refractivity contribution is 7.92. The fourth-order valence-corrected chi connectivity index (χ4v) is 4.08. The van der Waals surface area contributed by atoms with Gasteiger partial charge in [-0.3, -0.25) is 13.9 Å². The normalized spacial score (nSPS) is 12.2. The van der Waals surface area contributed by atoms with Gasteiger partial charge in [0.1, 0.15) is 12.6 Å². The van der Waals surface area contributed by atoms with Crippen LogP contribution in [0.2, 0.25) is 5.02 Å².